The molecule has 0 unspecified atom stereocenters. The van der Waals surface area contributed by atoms with Crippen molar-refractivity contribution in [3.63, 3.8) is 0 Å². The average molecular weight is 498 g/mol. The van der Waals surface area contributed by atoms with E-state index >= 15 is 0 Å². The summed E-state index contributed by atoms with van der Waals surface area (Å²) in [4.78, 5) is 18.8. The summed E-state index contributed by atoms with van der Waals surface area (Å²) in [5, 5.41) is 21.4. The molecule has 0 N–H and O–H groups in total. The molecular weight excluding hydrogens is 474 g/mol. The molecule has 2 aromatic carbocycles. The Morgan fingerprint density at radius 3 is 2.31 bits per heavy atom. The van der Waals surface area contributed by atoms with E-state index in [4.69, 9.17) is 11.6 Å². The van der Waals surface area contributed by atoms with Crippen LogP contribution in [0.1, 0.15) is 11.3 Å². The van der Waals surface area contributed by atoms with E-state index in [1.165, 1.54) is 6.07 Å². The van der Waals surface area contributed by atoms with E-state index in [0.717, 1.165) is 48.7 Å². The Bertz CT molecular complexity index is 1550. The molecule has 180 valence electrons. The van der Waals surface area contributed by atoms with E-state index in [9.17, 15) is 10.1 Å². The summed E-state index contributed by atoms with van der Waals surface area (Å²) < 4.78 is 1.85. The molecule has 1 aliphatic heterocycles. The minimum absolute atomic E-state index is 0.323. The van der Waals surface area contributed by atoms with E-state index in [-0.39, 0.29) is 5.56 Å². The number of nitrogens with zero attached hydrogens (tertiary/aromatic N) is 7. The van der Waals surface area contributed by atoms with E-state index in [2.05, 4.69) is 33.3 Å². The van der Waals surface area contributed by atoms with Crippen LogP contribution in [0.25, 0.3) is 28.0 Å². The number of piperazine rings is 1. The number of aryl methyl sites for hydroxylation is 1. The molecule has 2 aromatic heterocycles. The molecule has 0 spiro atoms. The largest absolute Gasteiger partial charge is 0.303 e. The van der Waals surface area contributed by atoms with Crippen molar-refractivity contribution in [3.8, 4) is 28.5 Å². The first-order valence-corrected chi connectivity index (χ1v) is 12.0. The molecule has 1 saturated heterocycles. The normalized spacial score (nSPS) is 14.4. The van der Waals surface area contributed by atoms with Gasteiger partial charge in [-0.1, -0.05) is 41.1 Å². The van der Waals surface area contributed by atoms with Crippen molar-refractivity contribution in [2.24, 2.45) is 10.3 Å². The number of pyridine rings is 1. The predicted octanol–water partition coefficient (Wildman–Crippen LogP) is 5.11. The molecule has 8 nitrogen and oxygen atoms in total. The molecule has 3 heterocycles. The lowest BCUT2D eigenvalue weighted by molar-refractivity contribution is 0.150. The van der Waals surface area contributed by atoms with Gasteiger partial charge in [0.05, 0.1) is 24.5 Å². The monoisotopic (exact) mass is 497 g/mol. The summed E-state index contributed by atoms with van der Waals surface area (Å²) in [6, 6.07) is 20.7. The van der Waals surface area contributed by atoms with Crippen molar-refractivity contribution in [1.82, 2.24) is 19.3 Å². The Labute approximate surface area is 213 Å². The van der Waals surface area contributed by atoms with E-state index < -0.39 is 0 Å². The van der Waals surface area contributed by atoms with Gasteiger partial charge in [-0.15, -0.1) is 5.11 Å². The molecule has 1 aliphatic rings. The van der Waals surface area contributed by atoms with Crippen molar-refractivity contribution in [2.45, 2.75) is 6.92 Å². The van der Waals surface area contributed by atoms with Gasteiger partial charge in [-0.05, 0) is 55.4 Å². The molecule has 1 fully saturated rings. The molecule has 0 saturated carbocycles. The number of benzene rings is 2. The Hall–Kier alpha value is -4.06. The van der Waals surface area contributed by atoms with E-state index in [0.29, 0.717) is 27.5 Å². The number of aromatic nitrogens is 2. The third-order valence-corrected chi connectivity index (χ3v) is 6.58. The highest BCUT2D eigenvalue weighted by molar-refractivity contribution is 6.30. The Balaban J connectivity index is 1.60. The zero-order valence-corrected chi connectivity index (χ0v) is 20.8. The van der Waals surface area contributed by atoms with Crippen LogP contribution in [-0.2, 0) is 0 Å². The molecule has 0 amide bonds. The number of likely N-dealkylation sites (N-methyl/N-ethyl adjacent to an activating group) is 1. The van der Waals surface area contributed by atoms with Crippen molar-refractivity contribution in [2.75, 3.05) is 33.2 Å². The van der Waals surface area contributed by atoms with Crippen LogP contribution in [-0.4, -0.2) is 52.5 Å². The lowest BCUT2D eigenvalue weighted by atomic mass is 9.98. The third kappa shape index (κ3) is 4.71. The minimum atomic E-state index is -0.386. The highest BCUT2D eigenvalue weighted by Crippen LogP contribution is 2.33. The van der Waals surface area contributed by atoms with Gasteiger partial charge < -0.3 is 4.90 Å². The summed E-state index contributed by atoms with van der Waals surface area (Å²) in [6.45, 7) is 5.48. The second-order valence-electron chi connectivity index (χ2n) is 8.82. The number of nitriles is 1. The highest BCUT2D eigenvalue weighted by Gasteiger charge is 2.18. The fourth-order valence-electron chi connectivity index (χ4n) is 4.34. The molecule has 4 aromatic rings. The fraction of sp³-hybridized carbons (Fsp3) is 0.222. The lowest BCUT2D eigenvalue weighted by Gasteiger charge is -2.29. The van der Waals surface area contributed by atoms with E-state index in [1.54, 1.807) is 12.1 Å². The first kappa shape index (κ1) is 23.7. The summed E-state index contributed by atoms with van der Waals surface area (Å²) in [5.41, 5.74) is 4.90. The maximum absolute atomic E-state index is 12.3. The predicted molar refractivity (Wildman–Crippen MR) is 140 cm³/mol. The first-order valence-electron chi connectivity index (χ1n) is 11.6. The second-order valence-corrected chi connectivity index (χ2v) is 9.26. The standard InChI is InChI=1S/C27H24ClN7O/c1-18-15-26(36)30-27-24(17-29)23(19-3-7-21(28)8-4-19)16-25(35(18)27)20-5-9-22(10-6-20)31-32-34-13-11-33(2)12-14-34/h3-10,15-16H,11-14H2,1-2H3. The number of hydrogen-bond acceptors (Lipinski definition) is 6. The van der Waals surface area contributed by atoms with Crippen molar-refractivity contribution in [3.05, 3.63) is 87.3 Å². The second kappa shape index (κ2) is 9.90. The number of halogens is 1. The zero-order chi connectivity index (χ0) is 25.2. The molecule has 9 heteroatoms. The number of hydrogen-bond donors (Lipinski definition) is 0. The van der Waals surface area contributed by atoms with Gasteiger partial charge >= 0.3 is 0 Å². The quantitative estimate of drug-likeness (QED) is 0.365. The average Bonchev–Trinajstić information content (AvgIpc) is 2.88. The third-order valence-electron chi connectivity index (χ3n) is 6.32. The molecule has 5 rings (SSSR count). The van der Waals surface area contributed by atoms with Crippen LogP contribution in [0.2, 0.25) is 5.02 Å². The van der Waals surface area contributed by atoms with Crippen LogP contribution in [0.4, 0.5) is 5.69 Å². The van der Waals surface area contributed by atoms with Crippen LogP contribution < -0.4 is 5.56 Å². The van der Waals surface area contributed by atoms with Gasteiger partial charge in [0.15, 0.2) is 5.65 Å². The molecular formula is C27H24ClN7O. The van der Waals surface area contributed by atoms with Crippen molar-refractivity contribution >= 4 is 22.9 Å². The first-order chi connectivity index (χ1) is 17.4. The van der Waals surface area contributed by atoms with Crippen LogP contribution in [0.15, 0.2) is 75.8 Å². The van der Waals surface area contributed by atoms with Crippen molar-refractivity contribution in [1.29, 1.82) is 5.26 Å². The highest BCUT2D eigenvalue weighted by atomic mass is 35.5. The molecule has 0 atom stereocenters. The molecule has 0 bridgehead atoms. The minimum Gasteiger partial charge on any atom is -0.303 e. The number of rotatable bonds is 4. The zero-order valence-electron chi connectivity index (χ0n) is 20.0. The fourth-order valence-corrected chi connectivity index (χ4v) is 4.47. The van der Waals surface area contributed by atoms with Gasteiger partial charge in [0.25, 0.3) is 5.56 Å². The summed E-state index contributed by atoms with van der Waals surface area (Å²) in [5.74, 6) is 0. The Kier molecular flexibility index (Phi) is 6.51. The summed E-state index contributed by atoms with van der Waals surface area (Å²) in [6.07, 6.45) is 0. The Morgan fingerprint density at radius 1 is 0.972 bits per heavy atom. The topological polar surface area (TPSA) is 89.4 Å². The molecule has 0 radical (unpaired) electrons. The maximum Gasteiger partial charge on any atom is 0.273 e. The van der Waals surface area contributed by atoms with E-state index in [1.807, 2.05) is 58.8 Å². The van der Waals surface area contributed by atoms with Crippen molar-refractivity contribution < 1.29 is 0 Å². The lowest BCUT2D eigenvalue weighted by Crippen LogP contribution is -2.41. The van der Waals surface area contributed by atoms with Crippen LogP contribution in [0.5, 0.6) is 0 Å². The SMILES string of the molecule is Cc1cc(=O)nc2c(C#N)c(-c3ccc(Cl)cc3)cc(-c3ccc(N=NN4CCN(C)CC4)cc3)n12. The van der Waals surface area contributed by atoms with Crippen LogP contribution >= 0.6 is 11.6 Å². The van der Waals surface area contributed by atoms with Gasteiger partial charge in [0.1, 0.15) is 11.6 Å². The molecule has 0 aliphatic carbocycles. The van der Waals surface area contributed by atoms with Crippen LogP contribution in [0, 0.1) is 18.3 Å². The maximum atomic E-state index is 12.3. The number of fused-ring (bicyclic) bond motifs is 1. The van der Waals surface area contributed by atoms with Crippen LogP contribution in [0.3, 0.4) is 0 Å². The smallest absolute Gasteiger partial charge is 0.273 e. The molecule has 36 heavy (non-hydrogen) atoms. The van der Waals surface area contributed by atoms with Gasteiger partial charge in [0, 0.05) is 35.4 Å². The Morgan fingerprint density at radius 2 is 1.64 bits per heavy atom. The van der Waals surface area contributed by atoms with Gasteiger partial charge in [-0.3, -0.25) is 14.2 Å². The van der Waals surface area contributed by atoms with Gasteiger partial charge in [-0.2, -0.15) is 10.2 Å². The van der Waals surface area contributed by atoms with Gasteiger partial charge in [-0.25, -0.2) is 0 Å². The summed E-state index contributed by atoms with van der Waals surface area (Å²) >= 11 is 6.09. The van der Waals surface area contributed by atoms with Gasteiger partial charge in [0.2, 0.25) is 0 Å². The summed E-state index contributed by atoms with van der Waals surface area (Å²) in [7, 11) is 2.10.